The number of carbonyl (C=O) groups excluding carboxylic acids is 3. The van der Waals surface area contributed by atoms with Crippen LogP contribution in [0.15, 0.2) is 95.6 Å². The number of hydrogen-bond donors (Lipinski definition) is 2. The van der Waals surface area contributed by atoms with E-state index in [0.29, 0.717) is 10.9 Å². The van der Waals surface area contributed by atoms with E-state index >= 15 is 0 Å². The van der Waals surface area contributed by atoms with Crippen LogP contribution >= 0.6 is 15.9 Å². The fourth-order valence-electron chi connectivity index (χ4n) is 4.87. The number of carbonyl (C=O) groups is 3. The van der Waals surface area contributed by atoms with Gasteiger partial charge in [0.25, 0.3) is 0 Å². The van der Waals surface area contributed by atoms with Crippen LogP contribution in [0.25, 0.3) is 11.0 Å². The number of benzene rings is 3. The van der Waals surface area contributed by atoms with Gasteiger partial charge < -0.3 is 30.4 Å². The third-order valence-electron chi connectivity index (χ3n) is 6.97. The highest BCUT2D eigenvalue weighted by molar-refractivity contribution is 9.10. The van der Waals surface area contributed by atoms with Gasteiger partial charge in [-0.1, -0.05) is 54.6 Å². The SMILES string of the molecule is Nc1nc(N)c2c(Br)nn([C@@H]3O[C@H](COC(=O)c4ccccc4)[C@@H](OC(=O)c4ccccc4)[C@H]3OC(=O)c3ccccc3)c2n1. The molecule has 4 atom stereocenters. The number of halogens is 1. The van der Waals surface area contributed by atoms with Crippen molar-refractivity contribution in [3.05, 3.63) is 112 Å². The lowest BCUT2D eigenvalue weighted by atomic mass is 10.1. The van der Waals surface area contributed by atoms with Gasteiger partial charge in [-0.25, -0.2) is 19.1 Å². The van der Waals surface area contributed by atoms with E-state index in [1.165, 1.54) is 4.68 Å². The van der Waals surface area contributed by atoms with E-state index in [4.69, 9.17) is 30.4 Å². The average Bonchev–Trinajstić information content (AvgIpc) is 3.56. The van der Waals surface area contributed by atoms with Gasteiger partial charge in [0, 0.05) is 0 Å². The molecule has 0 bridgehead atoms. The number of nitrogen functional groups attached to an aromatic ring is 2. The van der Waals surface area contributed by atoms with Crippen molar-refractivity contribution >= 4 is 56.6 Å². The van der Waals surface area contributed by atoms with Crippen LogP contribution in [-0.2, 0) is 18.9 Å². The maximum Gasteiger partial charge on any atom is 0.338 e. The summed E-state index contributed by atoms with van der Waals surface area (Å²) in [5.41, 5.74) is 13.0. The molecule has 1 aliphatic rings. The van der Waals surface area contributed by atoms with Gasteiger partial charge in [-0.3, -0.25) is 0 Å². The van der Waals surface area contributed by atoms with Gasteiger partial charge in [-0.2, -0.15) is 15.1 Å². The Morgan fingerprint density at radius 3 is 1.82 bits per heavy atom. The molecular weight excluding hydrogens is 648 g/mol. The molecule has 228 valence electrons. The van der Waals surface area contributed by atoms with Crippen LogP contribution in [-0.4, -0.2) is 62.6 Å². The fourth-order valence-corrected chi connectivity index (χ4v) is 5.42. The number of aromatic nitrogens is 4. The Labute approximate surface area is 264 Å². The van der Waals surface area contributed by atoms with Gasteiger partial charge in [0.15, 0.2) is 24.1 Å². The molecule has 1 fully saturated rings. The molecule has 13 nitrogen and oxygen atoms in total. The highest BCUT2D eigenvalue weighted by Gasteiger charge is 2.52. The highest BCUT2D eigenvalue weighted by atomic mass is 79.9. The van der Waals surface area contributed by atoms with Crippen LogP contribution in [0.5, 0.6) is 0 Å². The van der Waals surface area contributed by atoms with E-state index in [-0.39, 0.29) is 39.8 Å². The molecule has 0 unspecified atom stereocenters. The predicted molar refractivity (Wildman–Crippen MR) is 164 cm³/mol. The second-order valence-electron chi connectivity index (χ2n) is 9.90. The summed E-state index contributed by atoms with van der Waals surface area (Å²) in [5, 5.41) is 4.81. The molecule has 6 rings (SSSR count). The van der Waals surface area contributed by atoms with Crippen LogP contribution in [0, 0.1) is 0 Å². The zero-order chi connectivity index (χ0) is 31.5. The van der Waals surface area contributed by atoms with Gasteiger partial charge in [0.1, 0.15) is 23.1 Å². The van der Waals surface area contributed by atoms with Crippen LogP contribution in [0.2, 0.25) is 0 Å². The average molecular weight is 673 g/mol. The molecule has 0 aliphatic carbocycles. The van der Waals surface area contributed by atoms with Crippen LogP contribution < -0.4 is 11.5 Å². The van der Waals surface area contributed by atoms with Crippen molar-refractivity contribution in [2.45, 2.75) is 24.5 Å². The lowest BCUT2D eigenvalue weighted by Gasteiger charge is -2.24. The van der Waals surface area contributed by atoms with Crippen molar-refractivity contribution in [1.82, 2.24) is 19.7 Å². The van der Waals surface area contributed by atoms with Gasteiger partial charge in [0.2, 0.25) is 5.95 Å². The second kappa shape index (κ2) is 12.7. The van der Waals surface area contributed by atoms with Gasteiger partial charge in [-0.05, 0) is 52.3 Å². The van der Waals surface area contributed by atoms with Crippen LogP contribution in [0.4, 0.5) is 11.8 Å². The normalized spacial score (nSPS) is 19.2. The first-order valence-electron chi connectivity index (χ1n) is 13.7. The minimum Gasteiger partial charge on any atom is -0.459 e. The maximum absolute atomic E-state index is 13.4. The molecule has 0 amide bonds. The van der Waals surface area contributed by atoms with E-state index in [9.17, 15) is 14.4 Å². The van der Waals surface area contributed by atoms with Crippen molar-refractivity contribution in [1.29, 1.82) is 0 Å². The number of nitrogens with zero attached hydrogens (tertiary/aromatic N) is 4. The topological polar surface area (TPSA) is 184 Å². The molecule has 1 saturated heterocycles. The van der Waals surface area contributed by atoms with Crippen LogP contribution in [0.3, 0.4) is 0 Å². The minimum atomic E-state index is -1.31. The largest absolute Gasteiger partial charge is 0.459 e. The summed E-state index contributed by atoms with van der Waals surface area (Å²) < 4.78 is 25.4. The van der Waals surface area contributed by atoms with Crippen molar-refractivity contribution in [3.63, 3.8) is 0 Å². The molecule has 0 spiro atoms. The van der Waals surface area contributed by atoms with Crippen LogP contribution in [0.1, 0.15) is 37.3 Å². The molecular formula is C31H25BrN6O7. The number of nitrogens with two attached hydrogens (primary N) is 2. The summed E-state index contributed by atoms with van der Waals surface area (Å²) >= 11 is 3.37. The summed E-state index contributed by atoms with van der Waals surface area (Å²) in [7, 11) is 0. The Balaban J connectivity index is 1.41. The minimum absolute atomic E-state index is 0.0480. The quantitative estimate of drug-likeness (QED) is 0.179. The number of hydrogen-bond acceptors (Lipinski definition) is 12. The first kappa shape index (κ1) is 29.7. The predicted octanol–water partition coefficient (Wildman–Crippen LogP) is 3.96. The van der Waals surface area contributed by atoms with Crippen molar-refractivity contribution in [2.24, 2.45) is 0 Å². The Morgan fingerprint density at radius 2 is 1.27 bits per heavy atom. The maximum atomic E-state index is 13.4. The van der Waals surface area contributed by atoms with Crippen molar-refractivity contribution in [3.8, 4) is 0 Å². The molecule has 3 aromatic carbocycles. The molecule has 2 aromatic heterocycles. The van der Waals surface area contributed by atoms with Gasteiger partial charge in [0.05, 0.1) is 22.1 Å². The van der Waals surface area contributed by atoms with E-state index in [0.717, 1.165) is 0 Å². The Kier molecular flexibility index (Phi) is 8.40. The number of anilines is 2. The molecule has 4 N–H and O–H groups in total. The first-order valence-corrected chi connectivity index (χ1v) is 14.5. The third-order valence-corrected chi connectivity index (χ3v) is 7.53. The summed E-state index contributed by atoms with van der Waals surface area (Å²) in [6.07, 6.45) is -4.93. The second-order valence-corrected chi connectivity index (χ2v) is 10.7. The van der Waals surface area contributed by atoms with E-state index < -0.39 is 42.4 Å². The third kappa shape index (κ3) is 6.18. The summed E-state index contributed by atoms with van der Waals surface area (Å²) in [6.45, 7) is -0.365. The molecule has 1 aliphatic heterocycles. The zero-order valence-corrected chi connectivity index (χ0v) is 24.9. The van der Waals surface area contributed by atoms with E-state index in [2.05, 4.69) is 31.0 Å². The summed E-state index contributed by atoms with van der Waals surface area (Å²) in [5.74, 6) is -2.15. The highest BCUT2D eigenvalue weighted by Crippen LogP contribution is 2.38. The number of rotatable bonds is 8. The molecule has 0 saturated carbocycles. The Bertz CT molecular complexity index is 1860. The molecule has 45 heavy (non-hydrogen) atoms. The first-order chi connectivity index (χ1) is 21.8. The number of esters is 3. The number of ether oxygens (including phenoxy) is 4. The van der Waals surface area contributed by atoms with Crippen molar-refractivity contribution in [2.75, 3.05) is 18.1 Å². The fraction of sp³-hybridized carbons (Fsp3) is 0.161. The molecule has 3 heterocycles. The lowest BCUT2D eigenvalue weighted by molar-refractivity contribution is -0.0655. The molecule has 14 heteroatoms. The van der Waals surface area contributed by atoms with E-state index in [1.807, 2.05) is 0 Å². The van der Waals surface area contributed by atoms with Gasteiger partial charge in [-0.15, -0.1) is 0 Å². The van der Waals surface area contributed by atoms with Crippen molar-refractivity contribution < 1.29 is 33.3 Å². The smallest absolute Gasteiger partial charge is 0.338 e. The molecule has 0 radical (unpaired) electrons. The number of fused-ring (bicyclic) bond motifs is 1. The van der Waals surface area contributed by atoms with E-state index in [1.54, 1.807) is 91.0 Å². The van der Waals surface area contributed by atoms with Gasteiger partial charge >= 0.3 is 17.9 Å². The Hall–Kier alpha value is -5.34. The standard InChI is InChI=1S/C31H25BrN6O7/c32-24-21-25(33)35-31(34)36-26(21)38(37-24)27-23(45-30(41)19-14-8-3-9-15-19)22(44-29(40)18-12-6-2-7-13-18)20(43-27)16-42-28(39)17-10-4-1-5-11-17/h1-15,20,22-23,27H,16H2,(H4,33,34,35,36)/t20-,22-,23-,27-/m1/s1. The summed E-state index contributed by atoms with van der Waals surface area (Å²) in [4.78, 5) is 47.9. The summed E-state index contributed by atoms with van der Waals surface area (Å²) in [6, 6.07) is 24.9. The lowest BCUT2D eigenvalue weighted by Crippen LogP contribution is -2.41. The molecule has 5 aromatic rings. The Morgan fingerprint density at radius 1 is 0.756 bits per heavy atom. The zero-order valence-electron chi connectivity index (χ0n) is 23.4. The monoisotopic (exact) mass is 672 g/mol.